The summed E-state index contributed by atoms with van der Waals surface area (Å²) in [6.07, 6.45) is -0.545. The van der Waals surface area contributed by atoms with Crippen molar-refractivity contribution in [3.05, 3.63) is 35.4 Å². The van der Waals surface area contributed by atoms with Crippen LogP contribution in [0.5, 0.6) is 0 Å². The van der Waals surface area contributed by atoms with Crippen LogP contribution in [0.3, 0.4) is 0 Å². The summed E-state index contributed by atoms with van der Waals surface area (Å²) in [4.78, 5) is 0. The molecule has 0 bridgehead atoms. The Morgan fingerprint density at radius 1 is 1.43 bits per heavy atom. The summed E-state index contributed by atoms with van der Waals surface area (Å²) in [5.74, 6) is 0.371. The molecular weight excluding hydrogens is 176 g/mol. The molecule has 3 N–H and O–H groups in total. The van der Waals surface area contributed by atoms with E-state index >= 15 is 0 Å². The molecule has 0 saturated carbocycles. The van der Waals surface area contributed by atoms with Gasteiger partial charge in [-0.25, -0.2) is 0 Å². The van der Waals surface area contributed by atoms with Gasteiger partial charge in [0.2, 0.25) is 0 Å². The van der Waals surface area contributed by atoms with E-state index in [1.807, 2.05) is 31.2 Å². The van der Waals surface area contributed by atoms with Gasteiger partial charge in [-0.05, 0) is 19.4 Å². The zero-order valence-corrected chi connectivity index (χ0v) is 8.54. The molecule has 0 aromatic heterocycles. The molecule has 3 nitrogen and oxygen atoms in total. The van der Waals surface area contributed by atoms with E-state index in [1.54, 1.807) is 6.92 Å². The molecule has 0 aliphatic carbocycles. The number of aliphatic hydroxyl groups excluding tert-OH is 1. The lowest BCUT2D eigenvalue weighted by atomic mass is 10.1. The van der Waals surface area contributed by atoms with Gasteiger partial charge >= 0.3 is 0 Å². The predicted molar refractivity (Wildman–Crippen MR) is 57.5 cm³/mol. The summed E-state index contributed by atoms with van der Waals surface area (Å²) in [5, 5.41) is 19.7. The quantitative estimate of drug-likeness (QED) is 0.503. The number of nitrogens with one attached hydrogen (secondary N) is 2. The standard InChI is InChI=1S/C11H16N2O/c1-8-3-5-10(6-4-8)11(14)7-13-9(2)12/h3-6,11,14H,7H2,1-2H3,(H2,12,13)/t11-/m0/s1. The fourth-order valence-corrected chi connectivity index (χ4v) is 1.16. The van der Waals surface area contributed by atoms with Crippen LogP contribution < -0.4 is 5.32 Å². The van der Waals surface area contributed by atoms with Gasteiger partial charge in [0.1, 0.15) is 0 Å². The molecule has 0 unspecified atom stereocenters. The maximum Gasteiger partial charge on any atom is 0.0962 e. The first-order valence-electron chi connectivity index (χ1n) is 4.63. The van der Waals surface area contributed by atoms with E-state index in [4.69, 9.17) is 5.41 Å². The molecule has 1 atom stereocenters. The van der Waals surface area contributed by atoms with Crippen LogP contribution in [-0.4, -0.2) is 17.5 Å². The highest BCUT2D eigenvalue weighted by Gasteiger charge is 2.05. The molecular formula is C11H16N2O. The van der Waals surface area contributed by atoms with E-state index in [0.717, 1.165) is 5.56 Å². The Bertz CT molecular complexity index is 306. The van der Waals surface area contributed by atoms with Crippen molar-refractivity contribution in [2.45, 2.75) is 20.0 Å². The Hall–Kier alpha value is -1.35. The van der Waals surface area contributed by atoms with Gasteiger partial charge in [-0.1, -0.05) is 29.8 Å². The fraction of sp³-hybridized carbons (Fsp3) is 0.364. The molecule has 0 aliphatic rings. The number of rotatable bonds is 3. The van der Waals surface area contributed by atoms with Gasteiger partial charge in [0.05, 0.1) is 11.9 Å². The van der Waals surface area contributed by atoms with Gasteiger partial charge in [0.15, 0.2) is 0 Å². The molecule has 0 fully saturated rings. The maximum absolute atomic E-state index is 9.70. The van der Waals surface area contributed by atoms with E-state index in [2.05, 4.69) is 5.32 Å². The molecule has 1 aromatic rings. The summed E-state index contributed by atoms with van der Waals surface area (Å²) in [6, 6.07) is 7.74. The summed E-state index contributed by atoms with van der Waals surface area (Å²) in [7, 11) is 0. The largest absolute Gasteiger partial charge is 0.387 e. The van der Waals surface area contributed by atoms with Crippen LogP contribution in [0.1, 0.15) is 24.2 Å². The van der Waals surface area contributed by atoms with E-state index in [-0.39, 0.29) is 0 Å². The molecule has 76 valence electrons. The predicted octanol–water partition coefficient (Wildman–Crippen LogP) is 1.62. The highest BCUT2D eigenvalue weighted by Crippen LogP contribution is 2.12. The van der Waals surface area contributed by atoms with E-state index < -0.39 is 6.10 Å². The van der Waals surface area contributed by atoms with Crippen molar-refractivity contribution in [3.63, 3.8) is 0 Å². The number of aliphatic hydroxyl groups is 1. The lowest BCUT2D eigenvalue weighted by molar-refractivity contribution is 0.181. The maximum atomic E-state index is 9.70. The van der Waals surface area contributed by atoms with Gasteiger partial charge in [0, 0.05) is 6.54 Å². The van der Waals surface area contributed by atoms with Gasteiger partial charge in [0.25, 0.3) is 0 Å². The van der Waals surface area contributed by atoms with Crippen molar-refractivity contribution < 1.29 is 5.11 Å². The van der Waals surface area contributed by atoms with Crippen LogP contribution in [0.15, 0.2) is 24.3 Å². The highest BCUT2D eigenvalue weighted by molar-refractivity contribution is 5.75. The minimum atomic E-state index is -0.545. The van der Waals surface area contributed by atoms with Gasteiger partial charge in [-0.3, -0.25) is 5.41 Å². The minimum Gasteiger partial charge on any atom is -0.387 e. The lowest BCUT2D eigenvalue weighted by Gasteiger charge is -2.12. The average molecular weight is 192 g/mol. The van der Waals surface area contributed by atoms with Crippen LogP contribution in [0.25, 0.3) is 0 Å². The minimum absolute atomic E-state index is 0.371. The van der Waals surface area contributed by atoms with Gasteiger partial charge < -0.3 is 10.4 Å². The molecule has 0 aliphatic heterocycles. The summed E-state index contributed by atoms with van der Waals surface area (Å²) < 4.78 is 0. The van der Waals surface area contributed by atoms with Crippen molar-refractivity contribution in [3.8, 4) is 0 Å². The zero-order valence-electron chi connectivity index (χ0n) is 8.54. The molecule has 0 heterocycles. The molecule has 1 rings (SSSR count). The molecule has 0 saturated heterocycles. The molecule has 0 amide bonds. The van der Waals surface area contributed by atoms with Gasteiger partial charge in [-0.15, -0.1) is 0 Å². The smallest absolute Gasteiger partial charge is 0.0962 e. The van der Waals surface area contributed by atoms with Crippen LogP contribution in [0.4, 0.5) is 0 Å². The monoisotopic (exact) mass is 192 g/mol. The second-order valence-electron chi connectivity index (χ2n) is 3.43. The lowest BCUT2D eigenvalue weighted by Crippen LogP contribution is -2.25. The first-order valence-corrected chi connectivity index (χ1v) is 4.63. The second-order valence-corrected chi connectivity index (χ2v) is 3.43. The van der Waals surface area contributed by atoms with Crippen molar-refractivity contribution in [2.24, 2.45) is 0 Å². The Labute approximate surface area is 84.3 Å². The number of aryl methyl sites for hydroxylation is 1. The molecule has 14 heavy (non-hydrogen) atoms. The number of amidine groups is 1. The molecule has 3 heteroatoms. The zero-order chi connectivity index (χ0) is 10.6. The van der Waals surface area contributed by atoms with Crippen LogP contribution >= 0.6 is 0 Å². The Morgan fingerprint density at radius 3 is 2.50 bits per heavy atom. The second kappa shape index (κ2) is 4.77. The average Bonchev–Trinajstić information content (AvgIpc) is 2.15. The Kier molecular flexibility index (Phi) is 3.65. The first kappa shape index (κ1) is 10.7. The van der Waals surface area contributed by atoms with Crippen LogP contribution in [-0.2, 0) is 0 Å². The SMILES string of the molecule is CC(=N)NC[C@H](O)c1ccc(C)cc1. The Balaban J connectivity index is 2.56. The van der Waals surface area contributed by atoms with Crippen molar-refractivity contribution in [2.75, 3.05) is 6.54 Å². The summed E-state index contributed by atoms with van der Waals surface area (Å²) >= 11 is 0. The number of hydrogen-bond donors (Lipinski definition) is 3. The van der Waals surface area contributed by atoms with E-state index in [1.165, 1.54) is 5.56 Å². The summed E-state index contributed by atoms with van der Waals surface area (Å²) in [6.45, 7) is 4.05. The Morgan fingerprint density at radius 2 is 2.00 bits per heavy atom. The van der Waals surface area contributed by atoms with Crippen molar-refractivity contribution in [1.82, 2.24) is 5.32 Å². The van der Waals surface area contributed by atoms with E-state index in [0.29, 0.717) is 12.4 Å². The van der Waals surface area contributed by atoms with Crippen LogP contribution in [0.2, 0.25) is 0 Å². The van der Waals surface area contributed by atoms with Crippen molar-refractivity contribution in [1.29, 1.82) is 5.41 Å². The third kappa shape index (κ3) is 3.18. The highest BCUT2D eigenvalue weighted by atomic mass is 16.3. The van der Waals surface area contributed by atoms with Crippen LogP contribution in [0, 0.1) is 12.3 Å². The topological polar surface area (TPSA) is 56.1 Å². The number of benzene rings is 1. The molecule has 0 spiro atoms. The molecule has 0 radical (unpaired) electrons. The normalized spacial score (nSPS) is 12.2. The van der Waals surface area contributed by atoms with Gasteiger partial charge in [-0.2, -0.15) is 0 Å². The fourth-order valence-electron chi connectivity index (χ4n) is 1.16. The first-order chi connectivity index (χ1) is 6.59. The third-order valence-corrected chi connectivity index (χ3v) is 2.02. The third-order valence-electron chi connectivity index (χ3n) is 2.02. The summed E-state index contributed by atoms with van der Waals surface area (Å²) in [5.41, 5.74) is 2.06. The molecule has 1 aromatic carbocycles. The number of hydrogen-bond acceptors (Lipinski definition) is 2. The van der Waals surface area contributed by atoms with E-state index in [9.17, 15) is 5.11 Å². The van der Waals surface area contributed by atoms with Crippen molar-refractivity contribution >= 4 is 5.84 Å².